The Morgan fingerprint density at radius 1 is 1.31 bits per heavy atom. The second-order valence-corrected chi connectivity index (χ2v) is 8.10. The molecular weight excluding hydrogens is 364 g/mol. The van der Waals surface area contributed by atoms with E-state index >= 15 is 0 Å². The van der Waals surface area contributed by atoms with Gasteiger partial charge >= 0.3 is 0 Å². The first-order valence-electron chi connectivity index (χ1n) is 11.2. The quantitative estimate of drug-likeness (QED) is 0.539. The highest BCUT2D eigenvalue weighted by Crippen LogP contribution is 2.18. The van der Waals surface area contributed by atoms with Crippen LogP contribution < -0.4 is 15.5 Å². The van der Waals surface area contributed by atoms with Crippen LogP contribution in [0.4, 0.5) is 5.82 Å². The second kappa shape index (κ2) is 11.4. The Hall–Kier alpha value is -1.86. The molecule has 162 valence electrons. The molecule has 2 aliphatic rings. The average Bonchev–Trinajstić information content (AvgIpc) is 2.76. The van der Waals surface area contributed by atoms with Gasteiger partial charge in [0.2, 0.25) is 0 Å². The van der Waals surface area contributed by atoms with Gasteiger partial charge < -0.3 is 20.3 Å². The van der Waals surface area contributed by atoms with Crippen molar-refractivity contribution in [2.24, 2.45) is 4.99 Å². The van der Waals surface area contributed by atoms with Crippen molar-refractivity contribution in [2.75, 3.05) is 51.3 Å². The zero-order valence-electron chi connectivity index (χ0n) is 18.4. The van der Waals surface area contributed by atoms with Crippen LogP contribution >= 0.6 is 0 Å². The SMILES string of the molecule is CCC1CCCCN1CCNC(=NC)NCc1ccnc(N2CCOC(C)C2)c1. The fraction of sp³-hybridized carbons (Fsp3) is 0.727. The molecule has 3 heterocycles. The standard InChI is InChI=1S/C22H38N6O/c1-4-20-7-5-6-11-27(20)12-10-25-22(23-3)26-16-19-8-9-24-21(15-19)28-13-14-29-18(2)17-28/h8-9,15,18,20H,4-7,10-14,16-17H2,1-3H3,(H2,23,25,26). The van der Waals surface area contributed by atoms with Crippen LogP contribution in [0.3, 0.4) is 0 Å². The van der Waals surface area contributed by atoms with Gasteiger partial charge in [-0.2, -0.15) is 0 Å². The highest BCUT2D eigenvalue weighted by molar-refractivity contribution is 5.79. The van der Waals surface area contributed by atoms with E-state index in [0.717, 1.165) is 57.1 Å². The third-order valence-corrected chi connectivity index (χ3v) is 5.97. The normalized spacial score (nSPS) is 23.8. The largest absolute Gasteiger partial charge is 0.375 e. The second-order valence-electron chi connectivity index (χ2n) is 8.10. The van der Waals surface area contributed by atoms with E-state index in [0.29, 0.717) is 0 Å². The summed E-state index contributed by atoms with van der Waals surface area (Å²) in [5.74, 6) is 1.88. The van der Waals surface area contributed by atoms with Gasteiger partial charge in [0.25, 0.3) is 0 Å². The summed E-state index contributed by atoms with van der Waals surface area (Å²) < 4.78 is 5.64. The Morgan fingerprint density at radius 2 is 2.21 bits per heavy atom. The average molecular weight is 403 g/mol. The molecular formula is C22H38N6O. The number of guanidine groups is 1. The Balaban J connectivity index is 1.45. The Morgan fingerprint density at radius 3 is 3.00 bits per heavy atom. The van der Waals surface area contributed by atoms with Crippen molar-refractivity contribution in [3.8, 4) is 0 Å². The molecule has 0 radical (unpaired) electrons. The van der Waals surface area contributed by atoms with E-state index in [2.05, 4.69) is 56.4 Å². The number of rotatable bonds is 7. The van der Waals surface area contributed by atoms with Crippen molar-refractivity contribution in [3.63, 3.8) is 0 Å². The molecule has 1 aromatic rings. The van der Waals surface area contributed by atoms with E-state index in [4.69, 9.17) is 4.74 Å². The molecule has 2 unspecified atom stereocenters. The van der Waals surface area contributed by atoms with Crippen LogP contribution in [0.1, 0.15) is 45.1 Å². The summed E-state index contributed by atoms with van der Waals surface area (Å²) in [6, 6.07) is 4.98. The summed E-state index contributed by atoms with van der Waals surface area (Å²) in [5.41, 5.74) is 1.21. The number of pyridine rings is 1. The van der Waals surface area contributed by atoms with Gasteiger partial charge in [0, 0.05) is 52.0 Å². The van der Waals surface area contributed by atoms with Gasteiger partial charge in [-0.05, 0) is 50.4 Å². The molecule has 2 saturated heterocycles. The molecule has 0 bridgehead atoms. The molecule has 29 heavy (non-hydrogen) atoms. The first kappa shape index (κ1) is 21.8. The molecule has 3 rings (SSSR count). The smallest absolute Gasteiger partial charge is 0.191 e. The van der Waals surface area contributed by atoms with Crippen LogP contribution in [0.15, 0.2) is 23.3 Å². The molecule has 2 N–H and O–H groups in total. The third kappa shape index (κ3) is 6.57. The third-order valence-electron chi connectivity index (χ3n) is 5.97. The van der Waals surface area contributed by atoms with Crippen molar-refractivity contribution in [3.05, 3.63) is 23.9 Å². The Labute approximate surface area is 175 Å². The van der Waals surface area contributed by atoms with Crippen molar-refractivity contribution in [1.29, 1.82) is 0 Å². The molecule has 7 heteroatoms. The fourth-order valence-corrected chi connectivity index (χ4v) is 4.31. The van der Waals surface area contributed by atoms with Gasteiger partial charge in [-0.25, -0.2) is 4.98 Å². The van der Waals surface area contributed by atoms with E-state index < -0.39 is 0 Å². The summed E-state index contributed by atoms with van der Waals surface area (Å²) in [6.45, 7) is 10.9. The minimum Gasteiger partial charge on any atom is -0.375 e. The van der Waals surface area contributed by atoms with Gasteiger partial charge in [0.15, 0.2) is 5.96 Å². The van der Waals surface area contributed by atoms with Crippen LogP contribution in [-0.2, 0) is 11.3 Å². The van der Waals surface area contributed by atoms with E-state index in [9.17, 15) is 0 Å². The molecule has 1 aromatic heterocycles. The van der Waals surface area contributed by atoms with Gasteiger partial charge in [-0.15, -0.1) is 0 Å². The number of nitrogens with zero attached hydrogens (tertiary/aromatic N) is 4. The van der Waals surface area contributed by atoms with Crippen LogP contribution in [0, 0.1) is 0 Å². The summed E-state index contributed by atoms with van der Waals surface area (Å²) in [6.07, 6.45) is 7.44. The Kier molecular flexibility index (Phi) is 8.55. The molecule has 0 saturated carbocycles. The molecule has 2 atom stereocenters. The van der Waals surface area contributed by atoms with Gasteiger partial charge in [-0.3, -0.25) is 9.89 Å². The number of piperidine rings is 1. The maximum absolute atomic E-state index is 5.64. The maximum Gasteiger partial charge on any atom is 0.191 e. The number of hydrogen-bond acceptors (Lipinski definition) is 5. The lowest BCUT2D eigenvalue weighted by Crippen LogP contribution is -2.45. The van der Waals surface area contributed by atoms with Gasteiger partial charge in [0.1, 0.15) is 5.82 Å². The van der Waals surface area contributed by atoms with E-state index in [1.807, 2.05) is 13.2 Å². The molecule has 0 aliphatic carbocycles. The molecule has 2 aliphatic heterocycles. The number of ether oxygens (including phenoxy) is 1. The lowest BCUT2D eigenvalue weighted by Gasteiger charge is -2.35. The van der Waals surface area contributed by atoms with Crippen molar-refractivity contribution in [1.82, 2.24) is 20.5 Å². The number of likely N-dealkylation sites (tertiary alicyclic amines) is 1. The van der Waals surface area contributed by atoms with Gasteiger partial charge in [0.05, 0.1) is 12.7 Å². The van der Waals surface area contributed by atoms with E-state index in [1.54, 1.807) is 0 Å². The maximum atomic E-state index is 5.64. The zero-order valence-corrected chi connectivity index (χ0v) is 18.4. The number of morpholine rings is 1. The predicted octanol–water partition coefficient (Wildman–Crippen LogP) is 2.24. The van der Waals surface area contributed by atoms with Crippen LogP contribution in [-0.4, -0.2) is 74.4 Å². The number of aliphatic imine (C=N–C) groups is 1. The highest BCUT2D eigenvalue weighted by Gasteiger charge is 2.20. The molecule has 0 amide bonds. The topological polar surface area (TPSA) is 65.0 Å². The monoisotopic (exact) mass is 402 g/mol. The highest BCUT2D eigenvalue weighted by atomic mass is 16.5. The minimum atomic E-state index is 0.252. The molecule has 0 aromatic carbocycles. The molecule has 7 nitrogen and oxygen atoms in total. The number of anilines is 1. The summed E-state index contributed by atoms with van der Waals surface area (Å²) in [7, 11) is 1.83. The van der Waals surface area contributed by atoms with E-state index in [-0.39, 0.29) is 6.10 Å². The Bertz CT molecular complexity index is 652. The summed E-state index contributed by atoms with van der Waals surface area (Å²) in [5, 5.41) is 6.91. The minimum absolute atomic E-state index is 0.252. The first-order valence-corrected chi connectivity index (χ1v) is 11.2. The number of nitrogens with one attached hydrogen (secondary N) is 2. The summed E-state index contributed by atoms with van der Waals surface area (Å²) >= 11 is 0. The fourth-order valence-electron chi connectivity index (χ4n) is 4.31. The van der Waals surface area contributed by atoms with Crippen LogP contribution in [0.5, 0.6) is 0 Å². The van der Waals surface area contributed by atoms with Crippen molar-refractivity contribution in [2.45, 2.75) is 58.2 Å². The van der Waals surface area contributed by atoms with Crippen molar-refractivity contribution < 1.29 is 4.74 Å². The van der Waals surface area contributed by atoms with E-state index in [1.165, 1.54) is 37.8 Å². The summed E-state index contributed by atoms with van der Waals surface area (Å²) in [4.78, 5) is 13.9. The van der Waals surface area contributed by atoms with Gasteiger partial charge in [-0.1, -0.05) is 13.3 Å². The molecule has 0 spiro atoms. The van der Waals surface area contributed by atoms with Crippen molar-refractivity contribution >= 4 is 11.8 Å². The van der Waals surface area contributed by atoms with Crippen LogP contribution in [0.25, 0.3) is 0 Å². The number of aromatic nitrogens is 1. The molecule has 2 fully saturated rings. The van der Waals surface area contributed by atoms with Crippen LogP contribution in [0.2, 0.25) is 0 Å². The lowest BCUT2D eigenvalue weighted by molar-refractivity contribution is 0.0529. The number of hydrogen-bond donors (Lipinski definition) is 2. The lowest BCUT2D eigenvalue weighted by atomic mass is 10.0. The zero-order chi connectivity index (χ0) is 20.5. The predicted molar refractivity (Wildman–Crippen MR) is 120 cm³/mol. The first-order chi connectivity index (χ1) is 14.2.